The van der Waals surface area contributed by atoms with Crippen molar-refractivity contribution in [3.8, 4) is 0 Å². The van der Waals surface area contributed by atoms with Crippen molar-refractivity contribution in [1.82, 2.24) is 10.2 Å². The smallest absolute Gasteiger partial charge is 0.399 e. The second-order valence-electron chi connectivity index (χ2n) is 4.59. The first-order valence-electron chi connectivity index (χ1n) is 5.96. The number of fused-ring (bicyclic) bond motifs is 1. The molecule has 0 saturated heterocycles. The Morgan fingerprint density at radius 1 is 1.20 bits per heavy atom. The van der Waals surface area contributed by atoms with Gasteiger partial charge in [0.25, 0.3) is 0 Å². The Morgan fingerprint density at radius 2 is 2.00 bits per heavy atom. The highest BCUT2D eigenvalue weighted by molar-refractivity contribution is 7.15. The summed E-state index contributed by atoms with van der Waals surface area (Å²) in [5.74, 6) is 0. The number of anilines is 2. The maximum Gasteiger partial charge on any atom is 0.445 e. The van der Waals surface area contributed by atoms with E-state index in [1.807, 2.05) is 18.2 Å². The molecule has 2 N–H and O–H groups in total. The quantitative estimate of drug-likeness (QED) is 0.823. The fourth-order valence-corrected chi connectivity index (χ4v) is 2.94. The summed E-state index contributed by atoms with van der Waals surface area (Å²) >= 11 is 0.573. The van der Waals surface area contributed by atoms with Crippen molar-refractivity contribution < 1.29 is 13.2 Å². The Morgan fingerprint density at radius 3 is 2.70 bits per heavy atom. The van der Waals surface area contributed by atoms with Gasteiger partial charge in [-0.25, -0.2) is 0 Å². The summed E-state index contributed by atoms with van der Waals surface area (Å²) in [6.07, 6.45) is -3.68. The largest absolute Gasteiger partial charge is 0.445 e. The van der Waals surface area contributed by atoms with Crippen LogP contribution in [0.2, 0.25) is 0 Å². The average Bonchev–Trinajstić information content (AvgIpc) is 2.87. The van der Waals surface area contributed by atoms with Gasteiger partial charge in [0.15, 0.2) is 0 Å². The SMILES string of the molecule is Nc1ccc2c(c1)CN(c1nnc(C(F)(F)F)s1)CC2. The fraction of sp³-hybridized carbons (Fsp3) is 0.333. The molecule has 1 aromatic carbocycles. The van der Waals surface area contributed by atoms with Gasteiger partial charge in [0.2, 0.25) is 10.1 Å². The lowest BCUT2D eigenvalue weighted by atomic mass is 9.99. The maximum absolute atomic E-state index is 12.5. The summed E-state index contributed by atoms with van der Waals surface area (Å²) in [6, 6.07) is 5.65. The molecule has 20 heavy (non-hydrogen) atoms. The third-order valence-electron chi connectivity index (χ3n) is 3.17. The molecule has 8 heteroatoms. The van der Waals surface area contributed by atoms with Crippen LogP contribution in [0.4, 0.5) is 24.0 Å². The van der Waals surface area contributed by atoms with E-state index in [0.29, 0.717) is 35.2 Å². The summed E-state index contributed by atoms with van der Waals surface area (Å²) in [7, 11) is 0. The molecule has 0 aliphatic carbocycles. The number of alkyl halides is 3. The summed E-state index contributed by atoms with van der Waals surface area (Å²) in [6.45, 7) is 1.14. The molecule has 2 aromatic rings. The first-order valence-corrected chi connectivity index (χ1v) is 6.78. The van der Waals surface area contributed by atoms with Crippen molar-refractivity contribution in [1.29, 1.82) is 0 Å². The fourth-order valence-electron chi connectivity index (χ4n) is 2.20. The first kappa shape index (κ1) is 13.2. The number of aromatic nitrogens is 2. The zero-order chi connectivity index (χ0) is 14.3. The van der Waals surface area contributed by atoms with E-state index in [9.17, 15) is 13.2 Å². The number of benzene rings is 1. The van der Waals surface area contributed by atoms with E-state index in [1.54, 1.807) is 4.90 Å². The van der Waals surface area contributed by atoms with Gasteiger partial charge >= 0.3 is 6.18 Å². The Labute approximate surface area is 117 Å². The number of rotatable bonds is 1. The minimum atomic E-state index is -4.44. The normalized spacial score (nSPS) is 15.2. The van der Waals surface area contributed by atoms with Crippen LogP contribution in [0.1, 0.15) is 16.1 Å². The van der Waals surface area contributed by atoms with Crippen molar-refractivity contribution in [2.45, 2.75) is 19.1 Å². The van der Waals surface area contributed by atoms with Crippen LogP contribution in [0, 0.1) is 0 Å². The Hall–Kier alpha value is -1.83. The molecule has 0 saturated carbocycles. The van der Waals surface area contributed by atoms with E-state index in [-0.39, 0.29) is 0 Å². The van der Waals surface area contributed by atoms with Crippen molar-refractivity contribution in [2.24, 2.45) is 0 Å². The van der Waals surface area contributed by atoms with Crippen LogP contribution in [0.5, 0.6) is 0 Å². The lowest BCUT2D eigenvalue weighted by molar-refractivity contribution is -0.138. The van der Waals surface area contributed by atoms with Gasteiger partial charge < -0.3 is 10.6 Å². The van der Waals surface area contributed by atoms with Crippen LogP contribution >= 0.6 is 11.3 Å². The summed E-state index contributed by atoms with van der Waals surface area (Å²) in [5, 5.41) is 6.24. The second kappa shape index (κ2) is 4.62. The molecule has 4 nitrogen and oxygen atoms in total. The zero-order valence-electron chi connectivity index (χ0n) is 10.3. The summed E-state index contributed by atoms with van der Waals surface area (Å²) in [5.41, 5.74) is 8.59. The molecule has 2 heterocycles. The molecule has 1 aliphatic heterocycles. The molecule has 1 aliphatic rings. The molecule has 0 spiro atoms. The van der Waals surface area contributed by atoms with Crippen LogP contribution in [-0.4, -0.2) is 16.7 Å². The van der Waals surface area contributed by atoms with E-state index in [2.05, 4.69) is 10.2 Å². The van der Waals surface area contributed by atoms with E-state index >= 15 is 0 Å². The third-order valence-corrected chi connectivity index (χ3v) is 4.20. The summed E-state index contributed by atoms with van der Waals surface area (Å²) in [4.78, 5) is 1.80. The van der Waals surface area contributed by atoms with E-state index in [0.717, 1.165) is 12.0 Å². The van der Waals surface area contributed by atoms with E-state index in [4.69, 9.17) is 5.73 Å². The molecular formula is C12H11F3N4S. The van der Waals surface area contributed by atoms with Gasteiger partial charge in [-0.2, -0.15) is 13.2 Å². The van der Waals surface area contributed by atoms with Crippen LogP contribution in [0.15, 0.2) is 18.2 Å². The predicted octanol–water partition coefficient (Wildman–Crippen LogP) is 2.70. The first-order chi connectivity index (χ1) is 9.43. The third kappa shape index (κ3) is 2.43. The van der Waals surface area contributed by atoms with Gasteiger partial charge in [-0.05, 0) is 29.7 Å². The molecule has 0 unspecified atom stereocenters. The molecular weight excluding hydrogens is 289 g/mol. The predicted molar refractivity (Wildman–Crippen MR) is 70.5 cm³/mol. The van der Waals surface area contributed by atoms with Crippen molar-refractivity contribution in [3.63, 3.8) is 0 Å². The number of nitrogen functional groups attached to an aromatic ring is 1. The maximum atomic E-state index is 12.5. The lowest BCUT2D eigenvalue weighted by Gasteiger charge is -2.28. The summed E-state index contributed by atoms with van der Waals surface area (Å²) < 4.78 is 37.6. The Kier molecular flexibility index (Phi) is 3.04. The van der Waals surface area contributed by atoms with Crippen LogP contribution < -0.4 is 10.6 Å². The van der Waals surface area contributed by atoms with Crippen LogP contribution in [-0.2, 0) is 19.1 Å². The van der Waals surface area contributed by atoms with Crippen molar-refractivity contribution in [3.05, 3.63) is 34.3 Å². The Balaban J connectivity index is 1.85. The average molecular weight is 300 g/mol. The standard InChI is InChI=1S/C12H11F3N4S/c13-12(14,15)10-17-18-11(20-10)19-4-3-7-1-2-9(16)5-8(7)6-19/h1-2,5H,3-4,6,16H2. The molecule has 0 radical (unpaired) electrons. The lowest BCUT2D eigenvalue weighted by Crippen LogP contribution is -2.30. The van der Waals surface area contributed by atoms with Crippen molar-refractivity contribution in [2.75, 3.05) is 17.2 Å². The zero-order valence-corrected chi connectivity index (χ0v) is 11.1. The molecule has 0 bridgehead atoms. The van der Waals surface area contributed by atoms with Crippen molar-refractivity contribution >= 4 is 22.2 Å². The molecule has 1 aromatic heterocycles. The second-order valence-corrected chi connectivity index (χ2v) is 5.54. The number of nitrogens with zero attached hydrogens (tertiary/aromatic N) is 3. The van der Waals surface area contributed by atoms with E-state index in [1.165, 1.54) is 5.56 Å². The molecule has 0 fully saturated rings. The van der Waals surface area contributed by atoms with E-state index < -0.39 is 11.2 Å². The molecule has 0 amide bonds. The van der Waals surface area contributed by atoms with Crippen LogP contribution in [0.3, 0.4) is 0 Å². The van der Waals surface area contributed by atoms with Gasteiger partial charge in [-0.1, -0.05) is 17.4 Å². The minimum absolute atomic E-state index is 0.297. The van der Waals surface area contributed by atoms with Gasteiger partial charge in [-0.3, -0.25) is 0 Å². The molecule has 106 valence electrons. The monoisotopic (exact) mass is 300 g/mol. The van der Waals surface area contributed by atoms with Gasteiger partial charge in [0, 0.05) is 18.8 Å². The topological polar surface area (TPSA) is 55.0 Å². The number of halogens is 3. The Bertz CT molecular complexity index is 638. The van der Waals surface area contributed by atoms with Crippen LogP contribution in [0.25, 0.3) is 0 Å². The van der Waals surface area contributed by atoms with Gasteiger partial charge in [-0.15, -0.1) is 10.2 Å². The number of nitrogens with two attached hydrogens (primary N) is 1. The highest BCUT2D eigenvalue weighted by Crippen LogP contribution is 2.35. The van der Waals surface area contributed by atoms with Gasteiger partial charge in [0.05, 0.1) is 0 Å². The molecule has 3 rings (SSSR count). The number of hydrogen-bond acceptors (Lipinski definition) is 5. The highest BCUT2D eigenvalue weighted by atomic mass is 32.1. The number of hydrogen-bond donors (Lipinski definition) is 1. The highest BCUT2D eigenvalue weighted by Gasteiger charge is 2.36. The molecule has 0 atom stereocenters. The minimum Gasteiger partial charge on any atom is -0.399 e. The van der Waals surface area contributed by atoms with Gasteiger partial charge in [0.1, 0.15) is 0 Å².